The highest BCUT2D eigenvalue weighted by molar-refractivity contribution is 5.96. The number of hydrogen-bond donors (Lipinski definition) is 3. The molecule has 33 heavy (non-hydrogen) atoms. The Morgan fingerprint density at radius 1 is 1.00 bits per heavy atom. The minimum Gasteiger partial charge on any atom is -0.329 e. The monoisotopic (exact) mass is 455 g/mol. The third-order valence-corrected chi connectivity index (χ3v) is 4.91. The van der Waals surface area contributed by atoms with Gasteiger partial charge in [0.05, 0.1) is 23.6 Å². The van der Waals surface area contributed by atoms with E-state index in [2.05, 4.69) is 16.0 Å². The van der Waals surface area contributed by atoms with Crippen molar-refractivity contribution in [3.63, 3.8) is 0 Å². The first-order valence-corrected chi connectivity index (χ1v) is 10.4. The molecule has 0 saturated carbocycles. The number of amides is 3. The summed E-state index contributed by atoms with van der Waals surface area (Å²) < 4.78 is 28.3. The summed E-state index contributed by atoms with van der Waals surface area (Å²) in [6.07, 6.45) is 0. The second-order valence-electron chi connectivity index (χ2n) is 8.85. The number of nitrogens with zero attached hydrogens (tertiary/aromatic N) is 2. The molecule has 3 amide bonds. The molecule has 0 saturated heterocycles. The van der Waals surface area contributed by atoms with Crippen LogP contribution in [-0.2, 0) is 10.2 Å². The molecule has 9 heteroatoms. The maximum Gasteiger partial charge on any atom is 0.319 e. The number of rotatable bonds is 5. The Kier molecular flexibility index (Phi) is 6.81. The van der Waals surface area contributed by atoms with Gasteiger partial charge in [-0.25, -0.2) is 18.3 Å². The van der Waals surface area contributed by atoms with Gasteiger partial charge in [-0.15, -0.1) is 0 Å². The molecule has 1 heterocycles. The van der Waals surface area contributed by atoms with Crippen molar-refractivity contribution in [2.24, 2.45) is 0 Å². The summed E-state index contributed by atoms with van der Waals surface area (Å²) in [6.45, 7) is 9.66. The van der Waals surface area contributed by atoms with Gasteiger partial charge in [-0.1, -0.05) is 38.5 Å². The standard InChI is InChI=1S/C24H27F2N5O2/c1-14-6-9-19(15(2)10-14)31-21(12-20(30-31)24(3,4)5)29-22(32)13-27-23(33)28-18-8-7-16(25)11-17(18)26/h6-12H,13H2,1-5H3,(H,29,32)(H2,27,28,33). The van der Waals surface area contributed by atoms with Crippen LogP contribution < -0.4 is 16.0 Å². The van der Waals surface area contributed by atoms with Crippen LogP contribution in [0.15, 0.2) is 42.5 Å². The van der Waals surface area contributed by atoms with Crippen LogP contribution in [0.25, 0.3) is 5.69 Å². The Bertz CT molecular complexity index is 1200. The smallest absolute Gasteiger partial charge is 0.319 e. The zero-order chi connectivity index (χ0) is 24.3. The van der Waals surface area contributed by atoms with Crippen molar-refractivity contribution in [3.8, 4) is 5.69 Å². The number of anilines is 2. The summed E-state index contributed by atoms with van der Waals surface area (Å²) in [7, 11) is 0. The predicted octanol–water partition coefficient (Wildman–Crippen LogP) is 4.83. The van der Waals surface area contributed by atoms with E-state index in [4.69, 9.17) is 5.10 Å². The molecule has 3 N–H and O–H groups in total. The largest absolute Gasteiger partial charge is 0.329 e. The second-order valence-corrected chi connectivity index (χ2v) is 8.85. The Hall–Kier alpha value is -3.75. The van der Waals surface area contributed by atoms with Gasteiger partial charge in [0, 0.05) is 17.5 Å². The molecule has 0 atom stereocenters. The number of aryl methyl sites for hydroxylation is 2. The van der Waals surface area contributed by atoms with Gasteiger partial charge in [0.15, 0.2) is 0 Å². The van der Waals surface area contributed by atoms with E-state index in [1.54, 1.807) is 10.7 Å². The van der Waals surface area contributed by atoms with Crippen LogP contribution in [-0.4, -0.2) is 28.3 Å². The molecule has 174 valence electrons. The predicted molar refractivity (Wildman–Crippen MR) is 124 cm³/mol. The van der Waals surface area contributed by atoms with Crippen molar-refractivity contribution in [1.82, 2.24) is 15.1 Å². The Balaban J connectivity index is 1.73. The van der Waals surface area contributed by atoms with Gasteiger partial charge in [0.1, 0.15) is 17.5 Å². The molecule has 0 fully saturated rings. The highest BCUT2D eigenvalue weighted by Crippen LogP contribution is 2.27. The van der Waals surface area contributed by atoms with Crippen LogP contribution in [0.2, 0.25) is 0 Å². The van der Waals surface area contributed by atoms with Gasteiger partial charge >= 0.3 is 6.03 Å². The van der Waals surface area contributed by atoms with E-state index in [1.165, 1.54) is 0 Å². The summed E-state index contributed by atoms with van der Waals surface area (Å²) in [5, 5.41) is 12.1. The van der Waals surface area contributed by atoms with Gasteiger partial charge in [-0.05, 0) is 37.6 Å². The Morgan fingerprint density at radius 3 is 2.36 bits per heavy atom. The second kappa shape index (κ2) is 9.40. The van der Waals surface area contributed by atoms with Crippen LogP contribution in [0.5, 0.6) is 0 Å². The minimum absolute atomic E-state index is 0.197. The lowest BCUT2D eigenvalue weighted by Crippen LogP contribution is -2.36. The summed E-state index contributed by atoms with van der Waals surface area (Å²) >= 11 is 0. The zero-order valence-electron chi connectivity index (χ0n) is 19.2. The van der Waals surface area contributed by atoms with E-state index in [0.29, 0.717) is 11.9 Å². The lowest BCUT2D eigenvalue weighted by atomic mass is 9.92. The van der Waals surface area contributed by atoms with Crippen molar-refractivity contribution >= 4 is 23.4 Å². The molecule has 3 aromatic rings. The summed E-state index contributed by atoms with van der Waals surface area (Å²) in [5.74, 6) is -1.70. The highest BCUT2D eigenvalue weighted by Gasteiger charge is 2.22. The first-order chi connectivity index (χ1) is 15.4. The van der Waals surface area contributed by atoms with Crippen LogP contribution >= 0.6 is 0 Å². The van der Waals surface area contributed by atoms with Crippen molar-refractivity contribution in [2.75, 3.05) is 17.2 Å². The Labute approximate surface area is 191 Å². The molecular weight excluding hydrogens is 428 g/mol. The summed E-state index contributed by atoms with van der Waals surface area (Å²) in [4.78, 5) is 24.6. The molecule has 1 aromatic heterocycles. The SMILES string of the molecule is Cc1ccc(-n2nc(C(C)(C)C)cc2NC(=O)CNC(=O)Nc2ccc(F)cc2F)c(C)c1. The van der Waals surface area contributed by atoms with Crippen LogP contribution in [0.4, 0.5) is 25.1 Å². The number of carbonyl (C=O) groups is 2. The van der Waals surface area contributed by atoms with E-state index in [0.717, 1.165) is 34.6 Å². The van der Waals surface area contributed by atoms with E-state index in [-0.39, 0.29) is 17.6 Å². The lowest BCUT2D eigenvalue weighted by molar-refractivity contribution is -0.115. The number of benzene rings is 2. The topological polar surface area (TPSA) is 88.1 Å². The van der Waals surface area contributed by atoms with Crippen LogP contribution in [0, 0.1) is 25.5 Å². The van der Waals surface area contributed by atoms with Crippen molar-refractivity contribution < 1.29 is 18.4 Å². The first-order valence-electron chi connectivity index (χ1n) is 10.4. The maximum absolute atomic E-state index is 13.7. The summed E-state index contributed by atoms with van der Waals surface area (Å²) in [6, 6.07) is 9.70. The number of urea groups is 1. The molecule has 7 nitrogen and oxygen atoms in total. The van der Waals surface area contributed by atoms with Gasteiger partial charge < -0.3 is 16.0 Å². The number of halogens is 2. The molecule has 0 radical (unpaired) electrons. The van der Waals surface area contributed by atoms with Crippen LogP contribution in [0.3, 0.4) is 0 Å². The maximum atomic E-state index is 13.7. The fourth-order valence-corrected chi connectivity index (χ4v) is 3.17. The molecule has 3 rings (SSSR count). The molecule has 0 aliphatic carbocycles. The van der Waals surface area contributed by atoms with Crippen LogP contribution in [0.1, 0.15) is 37.6 Å². The van der Waals surface area contributed by atoms with E-state index in [9.17, 15) is 18.4 Å². The Morgan fingerprint density at radius 2 is 1.73 bits per heavy atom. The quantitative estimate of drug-likeness (QED) is 0.515. The molecule has 0 aliphatic heterocycles. The average Bonchev–Trinajstić information content (AvgIpc) is 3.12. The third-order valence-electron chi connectivity index (χ3n) is 4.91. The fourth-order valence-electron chi connectivity index (χ4n) is 3.17. The molecule has 0 bridgehead atoms. The molecule has 2 aromatic carbocycles. The first kappa shape index (κ1) is 23.9. The number of nitrogens with one attached hydrogen (secondary N) is 3. The number of hydrogen-bond acceptors (Lipinski definition) is 3. The van der Waals surface area contributed by atoms with Gasteiger partial charge in [-0.2, -0.15) is 5.10 Å². The zero-order valence-corrected chi connectivity index (χ0v) is 19.2. The van der Waals surface area contributed by atoms with E-state index < -0.39 is 23.6 Å². The van der Waals surface area contributed by atoms with Gasteiger partial charge in [0.25, 0.3) is 0 Å². The normalized spacial score (nSPS) is 11.2. The summed E-state index contributed by atoms with van der Waals surface area (Å²) in [5.41, 5.74) is 3.27. The fraction of sp³-hybridized carbons (Fsp3) is 0.292. The molecule has 0 unspecified atom stereocenters. The number of aromatic nitrogens is 2. The van der Waals surface area contributed by atoms with E-state index in [1.807, 2.05) is 52.8 Å². The number of carbonyl (C=O) groups excluding carboxylic acids is 2. The highest BCUT2D eigenvalue weighted by atomic mass is 19.1. The van der Waals surface area contributed by atoms with E-state index >= 15 is 0 Å². The molecule has 0 aliphatic rings. The third kappa shape index (κ3) is 5.94. The molecular formula is C24H27F2N5O2. The van der Waals surface area contributed by atoms with Gasteiger partial charge in [0.2, 0.25) is 5.91 Å². The minimum atomic E-state index is -0.915. The molecule has 0 spiro atoms. The average molecular weight is 456 g/mol. The van der Waals surface area contributed by atoms with Crippen molar-refractivity contribution in [2.45, 2.75) is 40.0 Å². The van der Waals surface area contributed by atoms with Crippen molar-refractivity contribution in [1.29, 1.82) is 0 Å². The van der Waals surface area contributed by atoms with Gasteiger partial charge in [-0.3, -0.25) is 4.79 Å². The van der Waals surface area contributed by atoms with Crippen molar-refractivity contribution in [3.05, 3.63) is 70.9 Å². The lowest BCUT2D eigenvalue weighted by Gasteiger charge is -2.14.